The average Bonchev–Trinajstić information content (AvgIpc) is 2.75. The van der Waals surface area contributed by atoms with Crippen LogP contribution in [0.25, 0.3) is 0 Å². The Morgan fingerprint density at radius 3 is 2.38 bits per heavy atom. The summed E-state index contributed by atoms with van der Waals surface area (Å²) in [4.78, 5) is 28.3. The van der Waals surface area contributed by atoms with E-state index < -0.39 is 0 Å². The van der Waals surface area contributed by atoms with Gasteiger partial charge in [-0.25, -0.2) is 0 Å². The summed E-state index contributed by atoms with van der Waals surface area (Å²) >= 11 is 0. The number of quaternary nitrogens is 1. The molecule has 0 aliphatic carbocycles. The number of para-hydroxylation sites is 1. The summed E-state index contributed by atoms with van der Waals surface area (Å²) < 4.78 is 0. The van der Waals surface area contributed by atoms with Crippen molar-refractivity contribution < 1.29 is 14.5 Å². The third-order valence-electron chi connectivity index (χ3n) is 5.76. The summed E-state index contributed by atoms with van der Waals surface area (Å²) in [6, 6.07) is 18.1. The zero-order chi connectivity index (χ0) is 20.6. The van der Waals surface area contributed by atoms with Gasteiger partial charge in [0.05, 0.1) is 26.2 Å². The van der Waals surface area contributed by atoms with E-state index in [0.717, 1.165) is 30.8 Å². The third kappa shape index (κ3) is 5.91. The predicted octanol–water partition coefficient (Wildman–Crippen LogP) is 2.11. The molecule has 1 heterocycles. The van der Waals surface area contributed by atoms with Crippen LogP contribution >= 0.6 is 0 Å². The molecule has 2 N–H and O–H groups in total. The lowest BCUT2D eigenvalue weighted by atomic mass is 9.97. The monoisotopic (exact) mass is 394 g/mol. The Balaban J connectivity index is 1.44. The second-order valence-electron chi connectivity index (χ2n) is 7.88. The number of benzene rings is 2. The van der Waals surface area contributed by atoms with E-state index in [0.29, 0.717) is 26.1 Å². The minimum Gasteiger partial charge on any atom is -0.331 e. The van der Waals surface area contributed by atoms with Crippen LogP contribution in [0, 0.1) is 0 Å². The number of rotatable bonds is 7. The number of hydrogen-bond donors (Lipinski definition) is 2. The van der Waals surface area contributed by atoms with E-state index in [1.54, 1.807) is 0 Å². The largest absolute Gasteiger partial charge is 0.331 e. The molecule has 2 aromatic rings. The Labute approximate surface area is 173 Å². The Morgan fingerprint density at radius 2 is 1.69 bits per heavy atom. The molecule has 154 valence electrons. The van der Waals surface area contributed by atoms with Crippen molar-refractivity contribution in [1.29, 1.82) is 0 Å². The Morgan fingerprint density at radius 1 is 1.03 bits per heavy atom. The van der Waals surface area contributed by atoms with E-state index in [2.05, 4.69) is 31.3 Å². The summed E-state index contributed by atoms with van der Waals surface area (Å²) in [7, 11) is 0. The van der Waals surface area contributed by atoms with Gasteiger partial charge in [0.1, 0.15) is 0 Å². The number of aryl methyl sites for hydroxylation is 1. The molecule has 0 bridgehead atoms. The van der Waals surface area contributed by atoms with Crippen molar-refractivity contribution in [1.82, 2.24) is 4.90 Å². The van der Waals surface area contributed by atoms with Gasteiger partial charge < -0.3 is 15.1 Å². The van der Waals surface area contributed by atoms with Gasteiger partial charge in [0.2, 0.25) is 5.91 Å². The van der Waals surface area contributed by atoms with Crippen molar-refractivity contribution in [2.75, 3.05) is 38.0 Å². The fourth-order valence-corrected chi connectivity index (χ4v) is 3.91. The van der Waals surface area contributed by atoms with Gasteiger partial charge in [0, 0.05) is 12.1 Å². The molecule has 5 heteroatoms. The maximum absolute atomic E-state index is 12.7. The zero-order valence-electron chi connectivity index (χ0n) is 17.5. The maximum Gasteiger partial charge on any atom is 0.279 e. The quantitative estimate of drug-likeness (QED) is 0.756. The van der Waals surface area contributed by atoms with E-state index >= 15 is 0 Å². The summed E-state index contributed by atoms with van der Waals surface area (Å²) in [5, 5.41) is 3.05. The second-order valence-corrected chi connectivity index (χ2v) is 7.88. The Hall–Kier alpha value is -2.66. The molecule has 1 atom stereocenters. The van der Waals surface area contributed by atoms with Crippen LogP contribution in [-0.4, -0.2) is 49.4 Å². The first-order valence-electron chi connectivity index (χ1n) is 10.6. The van der Waals surface area contributed by atoms with Gasteiger partial charge in [-0.1, -0.05) is 62.4 Å². The van der Waals surface area contributed by atoms with Crippen LogP contribution in [-0.2, 0) is 16.0 Å². The van der Waals surface area contributed by atoms with Crippen LogP contribution in [0.5, 0.6) is 0 Å². The summed E-state index contributed by atoms with van der Waals surface area (Å²) in [5.41, 5.74) is 3.26. The van der Waals surface area contributed by atoms with Gasteiger partial charge in [0.15, 0.2) is 6.54 Å². The minimum absolute atomic E-state index is 0.0402. The number of piperazine rings is 1. The van der Waals surface area contributed by atoms with Crippen molar-refractivity contribution in [2.24, 2.45) is 0 Å². The first-order chi connectivity index (χ1) is 14.1. The number of amides is 2. The molecule has 0 saturated carbocycles. The zero-order valence-corrected chi connectivity index (χ0v) is 17.5. The molecule has 5 nitrogen and oxygen atoms in total. The van der Waals surface area contributed by atoms with Gasteiger partial charge >= 0.3 is 0 Å². The Kier molecular flexibility index (Phi) is 7.42. The smallest absolute Gasteiger partial charge is 0.279 e. The van der Waals surface area contributed by atoms with E-state index in [1.807, 2.05) is 47.4 Å². The highest BCUT2D eigenvalue weighted by Crippen LogP contribution is 2.19. The minimum atomic E-state index is 0.0402. The molecule has 0 aromatic heterocycles. The summed E-state index contributed by atoms with van der Waals surface area (Å²) in [6.07, 6.45) is 1.43. The van der Waals surface area contributed by atoms with Crippen LogP contribution < -0.4 is 10.2 Å². The predicted molar refractivity (Wildman–Crippen MR) is 116 cm³/mol. The standard InChI is InChI=1S/C24H31N3O2/c1-3-20-9-7-8-12-22(20)25-23(28)18-26-13-15-27(16-14-26)24(29)17-19(2)21-10-5-4-6-11-21/h4-12,19H,3,13-18H2,1-2H3,(H,25,28)/p+1/t19-/m0/s1. The summed E-state index contributed by atoms with van der Waals surface area (Å²) in [5.74, 6) is 0.471. The topological polar surface area (TPSA) is 53.9 Å². The molecule has 1 saturated heterocycles. The Bertz CT molecular complexity index is 814. The van der Waals surface area contributed by atoms with E-state index in [1.165, 1.54) is 10.5 Å². The molecule has 1 fully saturated rings. The highest BCUT2D eigenvalue weighted by atomic mass is 16.2. The molecule has 3 rings (SSSR count). The molecule has 0 radical (unpaired) electrons. The van der Waals surface area contributed by atoms with Gasteiger partial charge in [-0.05, 0) is 29.5 Å². The second kappa shape index (κ2) is 10.2. The van der Waals surface area contributed by atoms with E-state index in [4.69, 9.17) is 0 Å². The van der Waals surface area contributed by atoms with E-state index in [9.17, 15) is 9.59 Å². The van der Waals surface area contributed by atoms with Gasteiger partial charge in [-0.15, -0.1) is 0 Å². The highest BCUT2D eigenvalue weighted by molar-refractivity contribution is 5.92. The molecule has 2 amide bonds. The van der Waals surface area contributed by atoms with E-state index in [-0.39, 0.29) is 17.7 Å². The lowest BCUT2D eigenvalue weighted by molar-refractivity contribution is -0.895. The average molecular weight is 395 g/mol. The van der Waals surface area contributed by atoms with Crippen LogP contribution in [0.3, 0.4) is 0 Å². The van der Waals surface area contributed by atoms with Crippen LogP contribution in [0.1, 0.15) is 37.3 Å². The van der Waals surface area contributed by atoms with Crippen molar-refractivity contribution in [3.8, 4) is 0 Å². The third-order valence-corrected chi connectivity index (χ3v) is 5.76. The van der Waals surface area contributed by atoms with Crippen molar-refractivity contribution in [2.45, 2.75) is 32.6 Å². The first kappa shape index (κ1) is 21.1. The maximum atomic E-state index is 12.7. The number of nitrogens with one attached hydrogen (secondary N) is 2. The molecule has 0 unspecified atom stereocenters. The van der Waals surface area contributed by atoms with Crippen molar-refractivity contribution in [3.63, 3.8) is 0 Å². The van der Waals surface area contributed by atoms with Gasteiger partial charge in [0.25, 0.3) is 5.91 Å². The molecule has 1 aliphatic rings. The molecular weight excluding hydrogens is 362 g/mol. The fraction of sp³-hybridized carbons (Fsp3) is 0.417. The van der Waals surface area contributed by atoms with Gasteiger partial charge in [-0.2, -0.15) is 0 Å². The van der Waals surface area contributed by atoms with Crippen LogP contribution in [0.2, 0.25) is 0 Å². The molecule has 29 heavy (non-hydrogen) atoms. The first-order valence-corrected chi connectivity index (χ1v) is 10.6. The highest BCUT2D eigenvalue weighted by Gasteiger charge is 2.26. The number of nitrogens with zero attached hydrogens (tertiary/aromatic N) is 1. The number of anilines is 1. The normalized spacial score (nSPS) is 15.7. The van der Waals surface area contributed by atoms with Gasteiger partial charge in [-0.3, -0.25) is 9.59 Å². The summed E-state index contributed by atoms with van der Waals surface area (Å²) in [6.45, 7) is 7.70. The molecule has 2 aromatic carbocycles. The number of carbonyl (C=O) groups excluding carboxylic acids is 2. The SMILES string of the molecule is CCc1ccccc1NC(=O)C[NH+]1CCN(C(=O)C[C@H](C)c2ccccc2)CC1. The molecular formula is C24H32N3O2+. The van der Waals surface area contributed by atoms with Crippen molar-refractivity contribution in [3.05, 3.63) is 65.7 Å². The van der Waals surface area contributed by atoms with Crippen LogP contribution in [0.4, 0.5) is 5.69 Å². The lowest BCUT2D eigenvalue weighted by Gasteiger charge is -2.32. The molecule has 0 spiro atoms. The lowest BCUT2D eigenvalue weighted by Crippen LogP contribution is -3.15. The number of hydrogen-bond acceptors (Lipinski definition) is 2. The van der Waals surface area contributed by atoms with Crippen molar-refractivity contribution >= 4 is 17.5 Å². The number of carbonyl (C=O) groups is 2. The fourth-order valence-electron chi connectivity index (χ4n) is 3.91. The van der Waals surface area contributed by atoms with Crippen LogP contribution in [0.15, 0.2) is 54.6 Å². The molecule has 1 aliphatic heterocycles.